The first-order valence-corrected chi connectivity index (χ1v) is 6.81. The Bertz CT molecular complexity index is 790. The number of rotatable bonds is 3. The van der Waals surface area contributed by atoms with Crippen molar-refractivity contribution in [2.45, 2.75) is 0 Å². The van der Waals surface area contributed by atoms with E-state index < -0.39 is 0 Å². The van der Waals surface area contributed by atoms with E-state index in [0.717, 1.165) is 27.8 Å². The summed E-state index contributed by atoms with van der Waals surface area (Å²) in [5.41, 5.74) is 6.09. The summed E-state index contributed by atoms with van der Waals surface area (Å²) in [5, 5.41) is 1.37. The Morgan fingerprint density at radius 2 is 1.90 bits per heavy atom. The van der Waals surface area contributed by atoms with E-state index in [4.69, 9.17) is 22.2 Å². The van der Waals surface area contributed by atoms with Crippen molar-refractivity contribution >= 4 is 28.2 Å². The third-order valence-electron chi connectivity index (χ3n) is 3.31. The predicted molar refractivity (Wildman–Crippen MR) is 86.6 cm³/mol. The molecular weight excluding hydrogens is 286 g/mol. The summed E-state index contributed by atoms with van der Waals surface area (Å²) in [5.74, 6) is 6.22. The molecule has 0 saturated carbocycles. The standard InChI is InChI=1S/C16H14ClN3O/c1-21-16-9-14-11(7-12(16)17)15(20-18)8-13(19-14)10-5-3-2-4-6-10/h2-9H,18H2,1H3,(H,19,20). The molecule has 0 aliphatic carbocycles. The molecule has 3 aromatic rings. The van der Waals surface area contributed by atoms with Gasteiger partial charge in [-0.2, -0.15) is 0 Å². The van der Waals surface area contributed by atoms with Crippen molar-refractivity contribution in [3.63, 3.8) is 0 Å². The number of nitrogens with two attached hydrogens (primary N) is 1. The number of hydrogen-bond acceptors (Lipinski definition) is 4. The third-order valence-corrected chi connectivity index (χ3v) is 3.60. The van der Waals surface area contributed by atoms with Crippen LogP contribution < -0.4 is 16.0 Å². The summed E-state index contributed by atoms with van der Waals surface area (Å²) >= 11 is 6.17. The number of fused-ring (bicyclic) bond motifs is 1. The lowest BCUT2D eigenvalue weighted by Gasteiger charge is -2.11. The number of hydrogen-bond donors (Lipinski definition) is 2. The second kappa shape index (κ2) is 5.60. The van der Waals surface area contributed by atoms with Crippen LogP contribution in [0, 0.1) is 0 Å². The lowest BCUT2D eigenvalue weighted by molar-refractivity contribution is 0.415. The van der Waals surface area contributed by atoms with E-state index in [9.17, 15) is 0 Å². The molecule has 0 unspecified atom stereocenters. The number of nitrogen functional groups attached to an aromatic ring is 1. The minimum atomic E-state index is 0.524. The predicted octanol–water partition coefficient (Wildman–Crippen LogP) is 3.85. The zero-order valence-corrected chi connectivity index (χ0v) is 12.2. The van der Waals surface area contributed by atoms with Crippen LogP contribution in [0.4, 0.5) is 5.69 Å². The van der Waals surface area contributed by atoms with Gasteiger partial charge in [-0.15, -0.1) is 0 Å². The fraction of sp³-hybridized carbons (Fsp3) is 0.0625. The van der Waals surface area contributed by atoms with Gasteiger partial charge in [0.2, 0.25) is 0 Å². The fourth-order valence-electron chi connectivity index (χ4n) is 2.26. The molecule has 4 nitrogen and oxygen atoms in total. The maximum Gasteiger partial charge on any atom is 0.139 e. The zero-order chi connectivity index (χ0) is 14.8. The number of anilines is 1. The molecule has 0 radical (unpaired) electrons. The Morgan fingerprint density at radius 3 is 2.57 bits per heavy atom. The van der Waals surface area contributed by atoms with Gasteiger partial charge in [0.25, 0.3) is 0 Å². The van der Waals surface area contributed by atoms with Crippen LogP contribution in [-0.4, -0.2) is 12.1 Å². The molecule has 0 atom stereocenters. The van der Waals surface area contributed by atoms with Crippen molar-refractivity contribution in [2.24, 2.45) is 5.84 Å². The fourth-order valence-corrected chi connectivity index (χ4v) is 2.50. The molecule has 0 aliphatic rings. The number of nitrogens with zero attached hydrogens (tertiary/aromatic N) is 1. The van der Waals surface area contributed by atoms with Gasteiger partial charge in [-0.25, -0.2) is 4.98 Å². The van der Waals surface area contributed by atoms with E-state index in [1.165, 1.54) is 0 Å². The number of halogens is 1. The van der Waals surface area contributed by atoms with Gasteiger partial charge in [0, 0.05) is 17.0 Å². The Morgan fingerprint density at radius 1 is 1.14 bits per heavy atom. The van der Waals surface area contributed by atoms with E-state index in [1.807, 2.05) is 42.5 Å². The number of aromatic nitrogens is 1. The largest absolute Gasteiger partial charge is 0.495 e. The van der Waals surface area contributed by atoms with Crippen molar-refractivity contribution < 1.29 is 4.74 Å². The highest BCUT2D eigenvalue weighted by Crippen LogP contribution is 2.34. The Kier molecular flexibility index (Phi) is 3.64. The van der Waals surface area contributed by atoms with Gasteiger partial charge in [-0.1, -0.05) is 41.9 Å². The average molecular weight is 300 g/mol. The number of ether oxygens (including phenoxy) is 1. The molecule has 0 saturated heterocycles. The van der Waals surface area contributed by atoms with Crippen LogP contribution in [0.5, 0.6) is 5.75 Å². The number of hydrazine groups is 1. The molecule has 1 aromatic heterocycles. The maximum atomic E-state index is 6.17. The second-order valence-electron chi connectivity index (χ2n) is 4.57. The first kappa shape index (κ1) is 13.7. The molecule has 0 spiro atoms. The molecule has 1 heterocycles. The molecule has 3 rings (SSSR count). The van der Waals surface area contributed by atoms with Gasteiger partial charge in [0.05, 0.1) is 29.0 Å². The number of pyridine rings is 1. The van der Waals surface area contributed by atoms with Crippen molar-refractivity contribution in [1.29, 1.82) is 0 Å². The maximum absolute atomic E-state index is 6.17. The summed E-state index contributed by atoms with van der Waals surface area (Å²) in [6.07, 6.45) is 0. The first-order valence-electron chi connectivity index (χ1n) is 6.43. The van der Waals surface area contributed by atoms with Crippen LogP contribution in [0.1, 0.15) is 0 Å². The van der Waals surface area contributed by atoms with Crippen LogP contribution in [0.15, 0.2) is 48.5 Å². The van der Waals surface area contributed by atoms with E-state index in [2.05, 4.69) is 10.4 Å². The van der Waals surface area contributed by atoms with Crippen LogP contribution in [0.3, 0.4) is 0 Å². The molecule has 0 bridgehead atoms. The van der Waals surface area contributed by atoms with Crippen molar-refractivity contribution in [3.8, 4) is 17.0 Å². The summed E-state index contributed by atoms with van der Waals surface area (Å²) in [6, 6.07) is 15.4. The Hall–Kier alpha value is -2.30. The summed E-state index contributed by atoms with van der Waals surface area (Å²) in [7, 11) is 1.58. The Labute approximate surface area is 127 Å². The first-order chi connectivity index (χ1) is 10.2. The molecular formula is C16H14ClN3O. The van der Waals surface area contributed by atoms with Gasteiger partial charge in [-0.05, 0) is 12.1 Å². The van der Waals surface area contributed by atoms with Gasteiger partial charge >= 0.3 is 0 Å². The topological polar surface area (TPSA) is 60.2 Å². The lowest BCUT2D eigenvalue weighted by atomic mass is 10.1. The second-order valence-corrected chi connectivity index (χ2v) is 4.98. The summed E-state index contributed by atoms with van der Waals surface area (Å²) in [6.45, 7) is 0. The molecule has 5 heteroatoms. The van der Waals surface area contributed by atoms with Gasteiger partial charge < -0.3 is 10.2 Å². The van der Waals surface area contributed by atoms with Gasteiger partial charge in [0.1, 0.15) is 5.75 Å². The highest BCUT2D eigenvalue weighted by Gasteiger charge is 2.10. The van der Waals surface area contributed by atoms with E-state index in [1.54, 1.807) is 13.2 Å². The van der Waals surface area contributed by atoms with Gasteiger partial charge in [0.15, 0.2) is 0 Å². The van der Waals surface area contributed by atoms with Crippen molar-refractivity contribution in [1.82, 2.24) is 4.98 Å². The summed E-state index contributed by atoms with van der Waals surface area (Å²) in [4.78, 5) is 4.67. The molecule has 106 valence electrons. The average Bonchev–Trinajstić information content (AvgIpc) is 2.54. The number of benzene rings is 2. The normalized spacial score (nSPS) is 10.6. The minimum absolute atomic E-state index is 0.524. The van der Waals surface area contributed by atoms with Crippen LogP contribution in [-0.2, 0) is 0 Å². The summed E-state index contributed by atoms with van der Waals surface area (Å²) < 4.78 is 5.25. The van der Waals surface area contributed by atoms with Crippen LogP contribution in [0.25, 0.3) is 22.2 Å². The smallest absolute Gasteiger partial charge is 0.139 e. The lowest BCUT2D eigenvalue weighted by Crippen LogP contribution is -2.08. The van der Waals surface area contributed by atoms with E-state index >= 15 is 0 Å². The third kappa shape index (κ3) is 2.51. The van der Waals surface area contributed by atoms with Gasteiger partial charge in [-0.3, -0.25) is 5.84 Å². The molecule has 0 fully saturated rings. The SMILES string of the molecule is COc1cc2nc(-c3ccccc3)cc(NN)c2cc1Cl. The van der Waals surface area contributed by atoms with Crippen LogP contribution in [0.2, 0.25) is 5.02 Å². The monoisotopic (exact) mass is 299 g/mol. The molecule has 0 aliphatic heterocycles. The van der Waals surface area contributed by atoms with Crippen LogP contribution >= 0.6 is 11.6 Å². The molecule has 2 aromatic carbocycles. The molecule has 21 heavy (non-hydrogen) atoms. The van der Waals surface area contributed by atoms with E-state index in [-0.39, 0.29) is 0 Å². The van der Waals surface area contributed by atoms with Crippen molar-refractivity contribution in [2.75, 3.05) is 12.5 Å². The number of methoxy groups -OCH3 is 1. The highest BCUT2D eigenvalue weighted by atomic mass is 35.5. The quantitative estimate of drug-likeness (QED) is 0.570. The molecule has 3 N–H and O–H groups in total. The highest BCUT2D eigenvalue weighted by molar-refractivity contribution is 6.33. The minimum Gasteiger partial charge on any atom is -0.495 e. The van der Waals surface area contributed by atoms with E-state index in [0.29, 0.717) is 10.8 Å². The zero-order valence-electron chi connectivity index (χ0n) is 11.4. The van der Waals surface area contributed by atoms with Crippen molar-refractivity contribution in [3.05, 3.63) is 53.6 Å². The molecule has 0 amide bonds. The Balaban J connectivity index is 2.27. The number of nitrogens with one attached hydrogen (secondary N) is 1.